The number of aliphatic hydroxyl groups is 1. The van der Waals surface area contributed by atoms with Crippen molar-refractivity contribution in [2.24, 2.45) is 17.1 Å². The maximum absolute atomic E-state index is 15.2. The third kappa shape index (κ3) is 16.4. The lowest BCUT2D eigenvalue weighted by atomic mass is 9.83. The van der Waals surface area contributed by atoms with E-state index in [4.69, 9.17) is 10.8 Å². The Balaban J connectivity index is 1.76. The molecule has 0 bridgehead atoms. The Kier molecular flexibility index (Phi) is 20.2. The van der Waals surface area contributed by atoms with Crippen LogP contribution in [0.15, 0.2) is 60.8 Å². The summed E-state index contributed by atoms with van der Waals surface area (Å²) in [5, 5.41) is 39.1. The van der Waals surface area contributed by atoms with Gasteiger partial charge in [-0.25, -0.2) is 13.6 Å². The number of nitrogens with one attached hydrogen (secondary N) is 4. The van der Waals surface area contributed by atoms with Crippen molar-refractivity contribution in [2.75, 3.05) is 31.1 Å². The fraction of sp³-hybridized carbons (Fsp3) is 0.500. The van der Waals surface area contributed by atoms with Crippen LogP contribution in [0.25, 0.3) is 11.1 Å². The van der Waals surface area contributed by atoms with Crippen LogP contribution in [-0.2, 0) is 35.3 Å². The molecule has 0 radical (unpaired) electrons. The molecule has 19 heteroatoms. The molecule has 0 spiro atoms. The second-order valence-corrected chi connectivity index (χ2v) is 17.7. The van der Waals surface area contributed by atoms with Gasteiger partial charge in [0.25, 0.3) is 0 Å². The SMILES string of the molecule is CC(C)[C@H](NC(O)CNC(=O)CCC(=O)O)C(=O)N[C@@H](C)C(=O)N[C@@H](CSCC(=O)N(CCCN)[C@@H](c1cc(-c2cc(F)ccc2F)cn1Cc1ccccc1)C(C)(C)C)C(=O)O. The largest absolute Gasteiger partial charge is 0.481 e. The topological polar surface area (TPSA) is 245 Å². The summed E-state index contributed by atoms with van der Waals surface area (Å²) in [4.78, 5) is 77.2. The van der Waals surface area contributed by atoms with Crippen LogP contribution in [0.4, 0.5) is 8.78 Å². The van der Waals surface area contributed by atoms with Gasteiger partial charge < -0.3 is 46.5 Å². The molecule has 346 valence electrons. The van der Waals surface area contributed by atoms with Crippen molar-refractivity contribution in [1.82, 2.24) is 30.7 Å². The van der Waals surface area contributed by atoms with Crippen LogP contribution >= 0.6 is 11.8 Å². The Morgan fingerprint density at radius 2 is 1.60 bits per heavy atom. The Hall–Kier alpha value is -5.37. The van der Waals surface area contributed by atoms with E-state index in [-0.39, 0.29) is 49.0 Å². The highest BCUT2D eigenvalue weighted by molar-refractivity contribution is 8.00. The lowest BCUT2D eigenvalue weighted by Crippen LogP contribution is -2.58. The fourth-order valence-corrected chi connectivity index (χ4v) is 7.73. The second-order valence-electron chi connectivity index (χ2n) is 16.6. The number of thioether (sulfide) groups is 1. The minimum atomic E-state index is -1.46. The zero-order chi connectivity index (χ0) is 47.0. The Labute approximate surface area is 370 Å². The van der Waals surface area contributed by atoms with Gasteiger partial charge in [-0.3, -0.25) is 29.3 Å². The first-order chi connectivity index (χ1) is 29.6. The molecule has 1 heterocycles. The van der Waals surface area contributed by atoms with E-state index in [0.29, 0.717) is 24.2 Å². The number of carboxylic acids is 2. The monoisotopic (exact) mass is 901 g/mol. The van der Waals surface area contributed by atoms with Crippen molar-refractivity contribution < 1.29 is 52.9 Å². The average molecular weight is 902 g/mol. The van der Waals surface area contributed by atoms with Crippen molar-refractivity contribution in [3.8, 4) is 11.1 Å². The van der Waals surface area contributed by atoms with E-state index in [1.165, 1.54) is 6.92 Å². The summed E-state index contributed by atoms with van der Waals surface area (Å²) in [5.74, 6) is -7.02. The summed E-state index contributed by atoms with van der Waals surface area (Å²) in [6.07, 6.45) is 0.0836. The summed E-state index contributed by atoms with van der Waals surface area (Å²) in [6.45, 7) is 11.1. The molecule has 0 fully saturated rings. The highest BCUT2D eigenvalue weighted by Gasteiger charge is 2.37. The van der Waals surface area contributed by atoms with Crippen LogP contribution in [-0.4, -0.2) is 116 Å². The molecule has 0 saturated carbocycles. The molecule has 0 aliphatic heterocycles. The van der Waals surface area contributed by atoms with Crippen LogP contribution in [0.3, 0.4) is 0 Å². The first kappa shape index (κ1) is 52.0. The normalized spacial score (nSPS) is 14.0. The number of carboxylic acid groups (broad SMARTS) is 2. The highest BCUT2D eigenvalue weighted by Crippen LogP contribution is 2.41. The number of carbonyl (C=O) groups is 6. The third-order valence-corrected chi connectivity index (χ3v) is 11.0. The quantitative estimate of drug-likeness (QED) is 0.0570. The molecule has 2 aromatic carbocycles. The molecule has 16 nitrogen and oxygen atoms in total. The maximum Gasteiger partial charge on any atom is 0.327 e. The summed E-state index contributed by atoms with van der Waals surface area (Å²) >= 11 is 0.989. The van der Waals surface area contributed by atoms with Crippen molar-refractivity contribution in [3.05, 3.63) is 83.7 Å². The van der Waals surface area contributed by atoms with Gasteiger partial charge in [0.05, 0.1) is 30.8 Å². The van der Waals surface area contributed by atoms with Crippen LogP contribution in [0.5, 0.6) is 0 Å². The first-order valence-electron chi connectivity index (χ1n) is 20.7. The molecule has 5 atom stereocenters. The number of nitrogens with two attached hydrogens (primary N) is 1. The van der Waals surface area contributed by atoms with E-state index in [1.54, 1.807) is 31.0 Å². The number of rotatable bonds is 25. The van der Waals surface area contributed by atoms with E-state index in [2.05, 4.69) is 21.3 Å². The highest BCUT2D eigenvalue weighted by atomic mass is 32.2. The van der Waals surface area contributed by atoms with Crippen LogP contribution in [0.1, 0.15) is 78.1 Å². The zero-order valence-electron chi connectivity index (χ0n) is 36.5. The van der Waals surface area contributed by atoms with Gasteiger partial charge in [-0.1, -0.05) is 65.0 Å². The van der Waals surface area contributed by atoms with E-state index >= 15 is 4.39 Å². The van der Waals surface area contributed by atoms with Crippen LogP contribution in [0, 0.1) is 23.0 Å². The van der Waals surface area contributed by atoms with Gasteiger partial charge in [0.1, 0.15) is 29.9 Å². The van der Waals surface area contributed by atoms with Crippen molar-refractivity contribution in [3.63, 3.8) is 0 Å². The summed E-state index contributed by atoms with van der Waals surface area (Å²) in [7, 11) is 0. The van der Waals surface area contributed by atoms with Gasteiger partial charge in [0.15, 0.2) is 0 Å². The molecule has 0 aliphatic rings. The van der Waals surface area contributed by atoms with E-state index in [0.717, 1.165) is 35.5 Å². The number of aromatic nitrogens is 1. The molecular weight excluding hydrogens is 841 g/mol. The van der Waals surface area contributed by atoms with Gasteiger partial charge in [0, 0.05) is 48.3 Å². The number of amides is 4. The Morgan fingerprint density at radius 3 is 2.21 bits per heavy atom. The smallest absolute Gasteiger partial charge is 0.327 e. The van der Waals surface area contributed by atoms with E-state index < -0.39 is 89.4 Å². The zero-order valence-corrected chi connectivity index (χ0v) is 37.3. The number of aliphatic carboxylic acids is 2. The molecule has 1 aromatic heterocycles. The molecule has 0 saturated heterocycles. The average Bonchev–Trinajstić information content (AvgIpc) is 3.61. The van der Waals surface area contributed by atoms with Crippen LogP contribution < -0.4 is 27.0 Å². The van der Waals surface area contributed by atoms with Crippen LogP contribution in [0.2, 0.25) is 0 Å². The van der Waals surface area contributed by atoms with Gasteiger partial charge in [0.2, 0.25) is 23.6 Å². The molecule has 0 aliphatic carbocycles. The molecule has 9 N–H and O–H groups in total. The Bertz CT molecular complexity index is 2030. The van der Waals surface area contributed by atoms with Gasteiger partial charge in [-0.05, 0) is 61.1 Å². The summed E-state index contributed by atoms with van der Waals surface area (Å²) in [6, 6.07) is 10.2. The number of nitrogens with zero attached hydrogens (tertiary/aromatic N) is 2. The number of benzene rings is 2. The molecular formula is C44H61F2N7O9S. The number of aliphatic hydroxyl groups excluding tert-OH is 1. The first-order valence-corrected chi connectivity index (χ1v) is 21.8. The molecule has 3 rings (SSSR count). The van der Waals surface area contributed by atoms with Crippen molar-refractivity contribution in [2.45, 2.75) is 97.7 Å². The van der Waals surface area contributed by atoms with E-state index in [1.807, 2.05) is 55.7 Å². The minimum absolute atomic E-state index is 0.0616. The fourth-order valence-electron chi connectivity index (χ4n) is 6.81. The Morgan fingerprint density at radius 1 is 0.921 bits per heavy atom. The van der Waals surface area contributed by atoms with Gasteiger partial charge in [-0.15, -0.1) is 11.8 Å². The maximum atomic E-state index is 15.2. The van der Waals surface area contributed by atoms with Gasteiger partial charge >= 0.3 is 11.9 Å². The number of halogens is 2. The predicted octanol–water partition coefficient (Wildman–Crippen LogP) is 3.47. The van der Waals surface area contributed by atoms with Crippen molar-refractivity contribution in [1.29, 1.82) is 0 Å². The molecule has 4 amide bonds. The van der Waals surface area contributed by atoms with E-state index in [9.17, 15) is 43.4 Å². The standard InChI is InChI=1S/C44H61F2N7O9S/c1-26(2)39(51-36(55)21-48-35(54)15-16-38(57)58)42(60)49-27(3)41(59)50-33(43(61)62)24-63-25-37(56)53(18-10-17-47)40(44(4,5)6)34-19-29(31-20-30(45)13-14-32(31)46)23-52(34)22-28-11-8-7-9-12-28/h7-9,11-14,19-20,23,26-27,33,36,39-40,51,55H,10,15-18,21-22,24-25,47H2,1-6H3,(H,48,54)(H,49,60)(H,50,59)(H,57,58)(H,61,62)/t27-,33-,36?,39-,40-/m0/s1. The molecule has 1 unspecified atom stereocenters. The number of hydrogen-bond donors (Lipinski definition) is 8. The minimum Gasteiger partial charge on any atom is -0.481 e. The third-order valence-electron chi connectivity index (χ3n) is 9.96. The van der Waals surface area contributed by atoms with Crippen molar-refractivity contribution >= 4 is 47.3 Å². The van der Waals surface area contributed by atoms with Gasteiger partial charge in [-0.2, -0.15) is 0 Å². The number of hydrogen-bond acceptors (Lipinski definition) is 10. The molecule has 3 aromatic rings. The summed E-state index contributed by atoms with van der Waals surface area (Å²) < 4.78 is 31.5. The summed E-state index contributed by atoms with van der Waals surface area (Å²) in [5.41, 5.74) is 7.40. The lowest BCUT2D eigenvalue weighted by Gasteiger charge is -2.41. The second kappa shape index (κ2) is 24.5. The lowest BCUT2D eigenvalue weighted by molar-refractivity contribution is -0.141. The predicted molar refractivity (Wildman–Crippen MR) is 235 cm³/mol. The number of carbonyl (C=O) groups excluding carboxylic acids is 4. The molecule has 63 heavy (non-hydrogen) atoms.